The molecule has 0 fully saturated rings. The van der Waals surface area contributed by atoms with Crippen LogP contribution in [0.3, 0.4) is 0 Å². The molecule has 0 aliphatic carbocycles. The molecule has 0 atom stereocenters. The molecular formula is C12H9ClFNOS. The van der Waals surface area contributed by atoms with Gasteiger partial charge in [-0.2, -0.15) is 0 Å². The normalized spacial score (nSPS) is 10.5. The molecule has 2 nitrogen and oxygen atoms in total. The van der Waals surface area contributed by atoms with Crippen molar-refractivity contribution < 1.29 is 9.18 Å². The summed E-state index contributed by atoms with van der Waals surface area (Å²) in [4.78, 5) is 12.4. The summed E-state index contributed by atoms with van der Waals surface area (Å²) < 4.78 is 13.5. The van der Waals surface area contributed by atoms with Gasteiger partial charge in [0.15, 0.2) is 0 Å². The summed E-state index contributed by atoms with van der Waals surface area (Å²) in [6.07, 6.45) is 0. The van der Waals surface area contributed by atoms with Crippen molar-refractivity contribution in [3.05, 3.63) is 50.4 Å². The minimum absolute atomic E-state index is 0.218. The molecule has 88 valence electrons. The molecule has 0 aliphatic heterocycles. The van der Waals surface area contributed by atoms with Crippen molar-refractivity contribution in [1.82, 2.24) is 0 Å². The van der Waals surface area contributed by atoms with Crippen LogP contribution in [0.4, 0.5) is 10.1 Å². The highest BCUT2D eigenvalue weighted by molar-refractivity contribution is 7.13. The lowest BCUT2D eigenvalue weighted by atomic mass is 10.1. The SMILES string of the molecule is Cc1c(N)cc(C(=O)c2sccc2Cl)cc1F. The first-order valence-corrected chi connectivity index (χ1v) is 6.09. The van der Waals surface area contributed by atoms with E-state index >= 15 is 0 Å². The maximum Gasteiger partial charge on any atom is 0.204 e. The van der Waals surface area contributed by atoms with Crippen LogP contribution in [-0.2, 0) is 0 Å². The number of hydrogen-bond donors (Lipinski definition) is 1. The molecule has 2 aromatic rings. The Morgan fingerprint density at radius 1 is 1.47 bits per heavy atom. The lowest BCUT2D eigenvalue weighted by Crippen LogP contribution is -2.03. The number of anilines is 1. The lowest BCUT2D eigenvalue weighted by Gasteiger charge is -2.05. The van der Waals surface area contributed by atoms with Crippen molar-refractivity contribution in [1.29, 1.82) is 0 Å². The fraction of sp³-hybridized carbons (Fsp3) is 0.0833. The zero-order valence-corrected chi connectivity index (χ0v) is 10.5. The number of carbonyl (C=O) groups excluding carboxylic acids is 1. The molecule has 0 saturated carbocycles. The van der Waals surface area contributed by atoms with E-state index in [2.05, 4.69) is 0 Å². The zero-order chi connectivity index (χ0) is 12.6. The number of nitrogens with two attached hydrogens (primary N) is 1. The van der Waals surface area contributed by atoms with E-state index in [4.69, 9.17) is 17.3 Å². The van der Waals surface area contributed by atoms with Crippen LogP contribution >= 0.6 is 22.9 Å². The maximum atomic E-state index is 13.5. The molecule has 1 aromatic carbocycles. The molecular weight excluding hydrogens is 261 g/mol. The van der Waals surface area contributed by atoms with E-state index in [-0.39, 0.29) is 17.0 Å². The second-order valence-corrected chi connectivity index (χ2v) is 4.92. The number of thiophene rings is 1. The Kier molecular flexibility index (Phi) is 3.17. The third-order valence-corrected chi connectivity index (χ3v) is 3.81. The molecule has 0 saturated heterocycles. The minimum atomic E-state index is -0.485. The van der Waals surface area contributed by atoms with Crippen LogP contribution in [0.5, 0.6) is 0 Å². The predicted octanol–water partition coefficient (Wildman–Crippen LogP) is 3.66. The number of benzene rings is 1. The quantitative estimate of drug-likeness (QED) is 0.668. The Bertz CT molecular complexity index is 571. The van der Waals surface area contributed by atoms with E-state index in [1.807, 2.05) is 0 Å². The Labute approximate surface area is 107 Å². The minimum Gasteiger partial charge on any atom is -0.398 e. The molecule has 0 bridgehead atoms. The van der Waals surface area contributed by atoms with Gasteiger partial charge in [-0.15, -0.1) is 11.3 Å². The van der Waals surface area contributed by atoms with Crippen LogP contribution in [0, 0.1) is 12.7 Å². The van der Waals surface area contributed by atoms with E-state index in [0.29, 0.717) is 15.5 Å². The van der Waals surface area contributed by atoms with E-state index in [1.165, 1.54) is 23.5 Å². The van der Waals surface area contributed by atoms with Gasteiger partial charge in [-0.05, 0) is 30.5 Å². The average Bonchev–Trinajstić information content (AvgIpc) is 2.70. The Morgan fingerprint density at radius 2 is 2.18 bits per heavy atom. The van der Waals surface area contributed by atoms with Gasteiger partial charge in [-0.3, -0.25) is 4.79 Å². The number of ketones is 1. The number of carbonyl (C=O) groups is 1. The second kappa shape index (κ2) is 4.47. The van der Waals surface area contributed by atoms with Crippen LogP contribution in [0.15, 0.2) is 23.6 Å². The topological polar surface area (TPSA) is 43.1 Å². The van der Waals surface area contributed by atoms with E-state index < -0.39 is 5.82 Å². The third kappa shape index (κ3) is 2.18. The molecule has 0 amide bonds. The van der Waals surface area contributed by atoms with Gasteiger partial charge in [0.05, 0.1) is 9.90 Å². The Balaban J connectivity index is 2.49. The molecule has 2 N–H and O–H groups in total. The van der Waals surface area contributed by atoms with Gasteiger partial charge in [-0.25, -0.2) is 4.39 Å². The largest absolute Gasteiger partial charge is 0.398 e. The molecule has 1 heterocycles. The number of rotatable bonds is 2. The molecule has 0 aliphatic rings. The Hall–Kier alpha value is -1.39. The highest BCUT2D eigenvalue weighted by Crippen LogP contribution is 2.27. The van der Waals surface area contributed by atoms with Gasteiger partial charge in [0.25, 0.3) is 0 Å². The molecule has 0 unspecified atom stereocenters. The molecule has 2 rings (SSSR count). The molecule has 0 radical (unpaired) electrons. The van der Waals surface area contributed by atoms with Gasteiger partial charge < -0.3 is 5.73 Å². The summed E-state index contributed by atoms with van der Waals surface area (Å²) in [6, 6.07) is 4.29. The fourth-order valence-electron chi connectivity index (χ4n) is 1.42. The average molecular weight is 270 g/mol. The predicted molar refractivity (Wildman–Crippen MR) is 68.3 cm³/mol. The second-order valence-electron chi connectivity index (χ2n) is 3.60. The molecule has 0 spiro atoms. The first kappa shape index (κ1) is 12.1. The summed E-state index contributed by atoms with van der Waals surface area (Å²) in [5.41, 5.74) is 6.46. The standard InChI is InChI=1S/C12H9ClFNOS/c1-6-9(14)4-7(5-10(6)15)11(16)12-8(13)2-3-17-12/h2-5H,15H2,1H3. The zero-order valence-electron chi connectivity index (χ0n) is 8.96. The van der Waals surface area contributed by atoms with Gasteiger partial charge in [0.2, 0.25) is 5.78 Å². The van der Waals surface area contributed by atoms with Crippen molar-refractivity contribution in [2.45, 2.75) is 6.92 Å². The smallest absolute Gasteiger partial charge is 0.204 e. The van der Waals surface area contributed by atoms with Crippen LogP contribution < -0.4 is 5.73 Å². The highest BCUT2D eigenvalue weighted by atomic mass is 35.5. The lowest BCUT2D eigenvalue weighted by molar-refractivity contribution is 0.104. The van der Waals surface area contributed by atoms with Crippen molar-refractivity contribution in [3.63, 3.8) is 0 Å². The first-order chi connectivity index (χ1) is 8.00. The van der Waals surface area contributed by atoms with Crippen molar-refractivity contribution in [2.75, 3.05) is 5.73 Å². The Morgan fingerprint density at radius 3 is 2.71 bits per heavy atom. The summed E-state index contributed by atoms with van der Waals surface area (Å²) in [6.45, 7) is 1.57. The van der Waals surface area contributed by atoms with Crippen LogP contribution in [-0.4, -0.2) is 5.78 Å². The fourth-order valence-corrected chi connectivity index (χ4v) is 2.52. The van der Waals surface area contributed by atoms with E-state index in [1.54, 1.807) is 18.4 Å². The van der Waals surface area contributed by atoms with Gasteiger partial charge in [0, 0.05) is 16.8 Å². The van der Waals surface area contributed by atoms with E-state index in [0.717, 1.165) is 0 Å². The molecule has 1 aromatic heterocycles. The van der Waals surface area contributed by atoms with Gasteiger partial charge in [-0.1, -0.05) is 11.6 Å². The number of halogens is 2. The summed E-state index contributed by atoms with van der Waals surface area (Å²) in [7, 11) is 0. The molecule has 17 heavy (non-hydrogen) atoms. The van der Waals surface area contributed by atoms with Crippen LogP contribution in [0.2, 0.25) is 5.02 Å². The third-order valence-electron chi connectivity index (χ3n) is 2.47. The van der Waals surface area contributed by atoms with Crippen molar-refractivity contribution >= 4 is 34.4 Å². The highest BCUT2D eigenvalue weighted by Gasteiger charge is 2.16. The summed E-state index contributed by atoms with van der Waals surface area (Å²) >= 11 is 7.08. The number of nitrogen functional groups attached to an aromatic ring is 1. The molecule has 5 heteroatoms. The van der Waals surface area contributed by atoms with Crippen molar-refractivity contribution in [2.24, 2.45) is 0 Å². The van der Waals surface area contributed by atoms with Gasteiger partial charge in [0.1, 0.15) is 5.82 Å². The van der Waals surface area contributed by atoms with Crippen LogP contribution in [0.25, 0.3) is 0 Å². The van der Waals surface area contributed by atoms with Crippen LogP contribution in [0.1, 0.15) is 20.8 Å². The monoisotopic (exact) mass is 269 g/mol. The summed E-state index contributed by atoms with van der Waals surface area (Å²) in [5, 5.41) is 2.09. The number of hydrogen-bond acceptors (Lipinski definition) is 3. The summed E-state index contributed by atoms with van der Waals surface area (Å²) in [5.74, 6) is -0.795. The van der Waals surface area contributed by atoms with E-state index in [9.17, 15) is 9.18 Å². The maximum absolute atomic E-state index is 13.5. The first-order valence-electron chi connectivity index (χ1n) is 4.84. The van der Waals surface area contributed by atoms with Gasteiger partial charge >= 0.3 is 0 Å². The van der Waals surface area contributed by atoms with Crippen molar-refractivity contribution in [3.8, 4) is 0 Å².